The molecule has 0 unspecified atom stereocenters. The molecule has 0 fully saturated rings. The fraction of sp³-hybridized carbons (Fsp3) is 0.341. The summed E-state index contributed by atoms with van der Waals surface area (Å²) in [5.74, 6) is -0.373. The van der Waals surface area contributed by atoms with Gasteiger partial charge in [-0.1, -0.05) is 36.6 Å². The van der Waals surface area contributed by atoms with Gasteiger partial charge in [0.2, 0.25) is 5.13 Å². The highest BCUT2D eigenvalue weighted by Gasteiger charge is 2.34. The molecule has 53 heavy (non-hydrogen) atoms. The van der Waals surface area contributed by atoms with Crippen LogP contribution in [0.5, 0.6) is 17.2 Å². The topological polar surface area (TPSA) is 135 Å². The van der Waals surface area contributed by atoms with Crippen molar-refractivity contribution in [3.05, 3.63) is 103 Å². The Hall–Kier alpha value is -5.49. The lowest BCUT2D eigenvalue weighted by Crippen LogP contribution is -2.40. The third-order valence-electron chi connectivity index (χ3n) is 7.51. The molecular formula is C41H47N3O8S. The summed E-state index contributed by atoms with van der Waals surface area (Å²) in [5, 5.41) is 4.98. The maximum absolute atomic E-state index is 13.4. The second-order valence-electron chi connectivity index (χ2n) is 14.8. The number of anilines is 1. The predicted octanol–water partition coefficient (Wildman–Crippen LogP) is 9.07. The number of esters is 3. The normalized spacial score (nSPS) is 12.2. The van der Waals surface area contributed by atoms with Crippen molar-refractivity contribution in [1.82, 2.24) is 4.98 Å². The minimum Gasteiger partial charge on any atom is -0.488 e. The molecule has 11 nitrogen and oxygen atoms in total. The van der Waals surface area contributed by atoms with Crippen LogP contribution in [0.4, 0.5) is 5.13 Å². The summed E-state index contributed by atoms with van der Waals surface area (Å²) >= 11 is 1.45. The van der Waals surface area contributed by atoms with E-state index in [2.05, 4.69) is 28.7 Å². The standard InChI is InChI=1S/C41H47N3O8S/c1-11-34(45)51-40(7,8)25-38(3,4)49-29-19-17-27(18-20-29)36(47)48-32-22-21-30(50-39(5,6)26-41(9,10)52-35(46)12-2)23-28(32)24-42-44-37-43-31-15-13-14-16-33(31)53-37/h11-24H,1-2,25-26H2,3-10H3,(H,43,44)/b42-24+. The average molecular weight is 742 g/mol. The molecule has 0 spiro atoms. The number of carbonyl (C=O) groups excluding carboxylic acids is 3. The van der Waals surface area contributed by atoms with Crippen molar-refractivity contribution >= 4 is 50.8 Å². The molecule has 0 aliphatic heterocycles. The second-order valence-corrected chi connectivity index (χ2v) is 15.8. The molecule has 0 atom stereocenters. The van der Waals surface area contributed by atoms with Crippen LogP contribution in [0.15, 0.2) is 97.1 Å². The molecule has 1 aromatic heterocycles. The molecular weight excluding hydrogens is 695 g/mol. The number of hydrazone groups is 1. The van der Waals surface area contributed by atoms with Gasteiger partial charge in [0.15, 0.2) is 0 Å². The minimum absolute atomic E-state index is 0.244. The number of hydrogen-bond donors (Lipinski definition) is 1. The van der Waals surface area contributed by atoms with Crippen molar-refractivity contribution in [2.24, 2.45) is 5.10 Å². The Kier molecular flexibility index (Phi) is 12.5. The van der Waals surface area contributed by atoms with Gasteiger partial charge in [-0.05, 0) is 110 Å². The van der Waals surface area contributed by atoms with Crippen LogP contribution in [0.1, 0.15) is 84.2 Å². The van der Waals surface area contributed by atoms with E-state index in [9.17, 15) is 14.4 Å². The third-order valence-corrected chi connectivity index (χ3v) is 8.45. The van der Waals surface area contributed by atoms with E-state index < -0.39 is 40.3 Å². The number of hydrogen-bond acceptors (Lipinski definition) is 12. The van der Waals surface area contributed by atoms with Crippen LogP contribution in [0.25, 0.3) is 10.2 Å². The maximum Gasteiger partial charge on any atom is 0.343 e. The number of rotatable bonds is 17. The first kappa shape index (κ1) is 40.3. The molecule has 0 amide bonds. The van der Waals surface area contributed by atoms with Gasteiger partial charge >= 0.3 is 17.9 Å². The molecule has 0 saturated heterocycles. The van der Waals surface area contributed by atoms with Gasteiger partial charge in [-0.25, -0.2) is 19.4 Å². The van der Waals surface area contributed by atoms with Crippen molar-refractivity contribution in [1.29, 1.82) is 0 Å². The molecule has 4 aromatic rings. The van der Waals surface area contributed by atoms with Crippen molar-refractivity contribution in [3.8, 4) is 17.2 Å². The highest BCUT2D eigenvalue weighted by molar-refractivity contribution is 7.22. The van der Waals surface area contributed by atoms with Gasteiger partial charge in [0.25, 0.3) is 0 Å². The van der Waals surface area contributed by atoms with E-state index >= 15 is 0 Å². The summed E-state index contributed by atoms with van der Waals surface area (Å²) in [6.45, 7) is 21.7. The van der Waals surface area contributed by atoms with Gasteiger partial charge in [-0.15, -0.1) is 0 Å². The quantitative estimate of drug-likeness (QED) is 0.0367. The lowest BCUT2D eigenvalue weighted by Gasteiger charge is -2.35. The summed E-state index contributed by atoms with van der Waals surface area (Å²) in [6.07, 6.45) is 4.55. The van der Waals surface area contributed by atoms with E-state index in [1.54, 1.807) is 70.2 Å². The Morgan fingerprint density at radius 1 is 0.755 bits per heavy atom. The van der Waals surface area contributed by atoms with Crippen LogP contribution < -0.4 is 19.6 Å². The lowest BCUT2D eigenvalue weighted by molar-refractivity contribution is -0.155. The zero-order valence-electron chi connectivity index (χ0n) is 31.5. The number of benzene rings is 3. The van der Waals surface area contributed by atoms with Crippen LogP contribution in [-0.4, -0.2) is 51.5 Å². The average Bonchev–Trinajstić information content (AvgIpc) is 3.47. The number of carbonyl (C=O) groups is 3. The molecule has 3 aromatic carbocycles. The second kappa shape index (κ2) is 16.5. The number of aromatic nitrogens is 1. The molecule has 1 heterocycles. The van der Waals surface area contributed by atoms with Gasteiger partial charge in [-0.3, -0.25) is 5.43 Å². The zero-order valence-corrected chi connectivity index (χ0v) is 32.3. The van der Waals surface area contributed by atoms with Crippen LogP contribution >= 0.6 is 11.3 Å². The third kappa shape index (κ3) is 12.3. The Balaban J connectivity index is 1.52. The van der Waals surface area contributed by atoms with E-state index in [4.69, 9.17) is 23.7 Å². The number of fused-ring (bicyclic) bond motifs is 1. The maximum atomic E-state index is 13.4. The Morgan fingerprint density at radius 2 is 1.30 bits per heavy atom. The van der Waals surface area contributed by atoms with Crippen molar-refractivity contribution < 1.29 is 38.1 Å². The van der Waals surface area contributed by atoms with E-state index in [1.807, 2.05) is 52.0 Å². The largest absolute Gasteiger partial charge is 0.488 e. The summed E-state index contributed by atoms with van der Waals surface area (Å²) in [6, 6.07) is 19.4. The first-order chi connectivity index (χ1) is 24.8. The zero-order chi connectivity index (χ0) is 39.0. The molecule has 0 bridgehead atoms. The van der Waals surface area contributed by atoms with Crippen LogP contribution in [0.2, 0.25) is 0 Å². The summed E-state index contributed by atoms with van der Waals surface area (Å²) < 4.78 is 30.4. The van der Waals surface area contributed by atoms with Crippen LogP contribution in [0.3, 0.4) is 0 Å². The molecule has 1 N–H and O–H groups in total. The number of para-hydroxylation sites is 1. The van der Waals surface area contributed by atoms with E-state index in [0.717, 1.165) is 22.4 Å². The molecule has 0 aliphatic rings. The lowest BCUT2D eigenvalue weighted by atomic mass is 9.92. The van der Waals surface area contributed by atoms with Crippen molar-refractivity contribution in [3.63, 3.8) is 0 Å². The van der Waals surface area contributed by atoms with E-state index in [0.29, 0.717) is 40.6 Å². The Bertz CT molecular complexity index is 1960. The molecule has 280 valence electrons. The number of nitrogens with one attached hydrogen (secondary N) is 1. The molecule has 0 radical (unpaired) electrons. The van der Waals surface area contributed by atoms with Gasteiger partial charge in [0.1, 0.15) is 39.7 Å². The first-order valence-electron chi connectivity index (χ1n) is 17.0. The number of thiazole rings is 1. The highest BCUT2D eigenvalue weighted by Crippen LogP contribution is 2.33. The van der Waals surface area contributed by atoms with E-state index in [-0.39, 0.29) is 5.75 Å². The fourth-order valence-corrected chi connectivity index (χ4v) is 6.96. The molecule has 12 heteroatoms. The van der Waals surface area contributed by atoms with Crippen LogP contribution in [0, 0.1) is 0 Å². The predicted molar refractivity (Wildman–Crippen MR) is 208 cm³/mol. The summed E-state index contributed by atoms with van der Waals surface area (Å²) in [4.78, 5) is 41.6. The monoisotopic (exact) mass is 741 g/mol. The van der Waals surface area contributed by atoms with Crippen molar-refractivity contribution in [2.45, 2.75) is 90.6 Å². The minimum atomic E-state index is -0.830. The smallest absolute Gasteiger partial charge is 0.343 e. The first-order valence-corrected chi connectivity index (χ1v) is 17.8. The van der Waals surface area contributed by atoms with Gasteiger partial charge in [0.05, 0.1) is 22.0 Å². The highest BCUT2D eigenvalue weighted by atomic mass is 32.1. The fourth-order valence-electron chi connectivity index (χ4n) is 6.14. The molecule has 4 rings (SSSR count). The number of nitrogens with zero attached hydrogens (tertiary/aromatic N) is 2. The number of ether oxygens (including phenoxy) is 5. The van der Waals surface area contributed by atoms with E-state index in [1.165, 1.54) is 17.6 Å². The molecule has 0 aliphatic carbocycles. The Labute approximate surface area is 314 Å². The van der Waals surface area contributed by atoms with Gasteiger partial charge in [-0.2, -0.15) is 5.10 Å². The molecule has 0 saturated carbocycles. The Morgan fingerprint density at radius 3 is 1.87 bits per heavy atom. The van der Waals surface area contributed by atoms with Gasteiger partial charge < -0.3 is 23.7 Å². The summed E-state index contributed by atoms with van der Waals surface area (Å²) in [5.41, 5.74) is 1.47. The SMILES string of the molecule is C=CC(=O)OC(C)(C)CC(C)(C)Oc1ccc(C(=O)Oc2ccc(OC(C)(C)CC(C)(C)OC(=O)C=C)cc2/C=N/Nc2nc3ccccc3s2)cc1. The van der Waals surface area contributed by atoms with Crippen LogP contribution in [-0.2, 0) is 19.1 Å². The van der Waals surface area contributed by atoms with Crippen molar-refractivity contribution in [2.75, 3.05) is 5.43 Å². The van der Waals surface area contributed by atoms with Gasteiger partial charge in [0, 0.05) is 30.6 Å². The summed E-state index contributed by atoms with van der Waals surface area (Å²) in [7, 11) is 0.